The second kappa shape index (κ2) is 57.0. The quantitative estimate of drug-likeness (QED) is 0.0374. The van der Waals surface area contributed by atoms with Crippen LogP contribution in [0.3, 0.4) is 0 Å². The molecule has 0 saturated carbocycles. The molecule has 0 aromatic heterocycles. The van der Waals surface area contributed by atoms with E-state index in [0.29, 0.717) is 12.8 Å². The second-order valence-corrected chi connectivity index (χ2v) is 20.4. The summed E-state index contributed by atoms with van der Waals surface area (Å²) >= 11 is 0. The maximum atomic E-state index is 12.3. The number of carbonyl (C=O) groups excluding carboxylic acids is 2. The molecule has 5 nitrogen and oxygen atoms in total. The van der Waals surface area contributed by atoms with Gasteiger partial charge in [-0.25, -0.2) is 0 Å². The van der Waals surface area contributed by atoms with Gasteiger partial charge in [-0.15, -0.1) is 0 Å². The molecule has 0 aliphatic carbocycles. The zero-order chi connectivity index (χ0) is 47.0. The Hall–Kier alpha value is -1.36. The molecular formula is C60H116O5. The van der Waals surface area contributed by atoms with Gasteiger partial charge in [-0.2, -0.15) is 0 Å². The first-order chi connectivity index (χ1) is 32.1. The summed E-state index contributed by atoms with van der Waals surface area (Å²) in [6.45, 7) is 4.20. The maximum Gasteiger partial charge on any atom is 0.306 e. The fourth-order valence-corrected chi connectivity index (χ4v) is 9.32. The van der Waals surface area contributed by atoms with Crippen LogP contribution in [0.1, 0.15) is 341 Å². The third-order valence-corrected chi connectivity index (χ3v) is 13.8. The number of ether oxygens (including phenoxy) is 2. The fourth-order valence-electron chi connectivity index (χ4n) is 9.32. The molecule has 0 saturated heterocycles. The molecule has 1 unspecified atom stereocenters. The summed E-state index contributed by atoms with van der Waals surface area (Å²) in [5.41, 5.74) is 0. The predicted octanol–water partition coefficient (Wildman–Crippen LogP) is 19.9. The molecule has 0 amide bonds. The van der Waals surface area contributed by atoms with E-state index in [9.17, 15) is 14.7 Å². The molecule has 0 bridgehead atoms. The molecule has 1 N–H and O–H groups in total. The Morgan fingerprint density at radius 1 is 0.338 bits per heavy atom. The van der Waals surface area contributed by atoms with Crippen LogP contribution < -0.4 is 0 Å². The van der Waals surface area contributed by atoms with Gasteiger partial charge in [0.25, 0.3) is 0 Å². The summed E-state index contributed by atoms with van der Waals surface area (Å²) in [5, 5.41) is 9.65. The Kier molecular flexibility index (Phi) is 55.8. The fraction of sp³-hybridized carbons (Fsp3) is 0.933. The highest BCUT2D eigenvalue weighted by Crippen LogP contribution is 2.18. The largest absolute Gasteiger partial charge is 0.462 e. The van der Waals surface area contributed by atoms with Crippen molar-refractivity contribution in [3.8, 4) is 0 Å². The van der Waals surface area contributed by atoms with E-state index in [1.807, 2.05) is 0 Å². The van der Waals surface area contributed by atoms with E-state index in [-0.39, 0.29) is 25.2 Å². The van der Waals surface area contributed by atoms with Crippen LogP contribution in [0.2, 0.25) is 0 Å². The van der Waals surface area contributed by atoms with E-state index in [1.165, 1.54) is 283 Å². The Labute approximate surface area is 407 Å². The van der Waals surface area contributed by atoms with Crippen LogP contribution in [0.25, 0.3) is 0 Å². The number of hydrogen-bond acceptors (Lipinski definition) is 5. The second-order valence-electron chi connectivity index (χ2n) is 20.4. The molecular weight excluding hydrogens is 801 g/mol. The van der Waals surface area contributed by atoms with E-state index in [4.69, 9.17) is 9.47 Å². The number of esters is 2. The lowest BCUT2D eigenvalue weighted by atomic mass is 10.0. The summed E-state index contributed by atoms with van der Waals surface area (Å²) in [4.78, 5) is 24.5. The highest BCUT2D eigenvalue weighted by atomic mass is 16.6. The van der Waals surface area contributed by atoms with Gasteiger partial charge in [0, 0.05) is 12.8 Å². The molecule has 0 aromatic rings. The minimum Gasteiger partial charge on any atom is -0.462 e. The van der Waals surface area contributed by atoms with Crippen molar-refractivity contribution in [2.24, 2.45) is 0 Å². The lowest BCUT2D eigenvalue weighted by Crippen LogP contribution is -2.28. The molecule has 0 aliphatic heterocycles. The third-order valence-electron chi connectivity index (χ3n) is 13.8. The average molecular weight is 918 g/mol. The van der Waals surface area contributed by atoms with Crippen molar-refractivity contribution < 1.29 is 24.2 Å². The number of unbranched alkanes of at least 4 members (excludes halogenated alkanes) is 46. The molecule has 386 valence electrons. The highest BCUT2D eigenvalue weighted by Gasteiger charge is 2.16. The van der Waals surface area contributed by atoms with Gasteiger partial charge in [0.05, 0.1) is 6.61 Å². The molecule has 0 aliphatic rings. The standard InChI is InChI=1S/C60H116O5/c1-3-5-7-9-11-13-15-17-19-21-23-24-25-26-27-28-29-30-31-32-33-34-35-36-37-39-41-43-45-47-49-51-53-55-60(63)65-58(56-61)57-64-59(62)54-52-50-48-46-44-42-40-38-22-20-18-16-14-12-10-8-6-4-2/h21,23,58,61H,3-20,22,24-57H2,1-2H3/b23-21-. The zero-order valence-electron chi connectivity index (χ0n) is 44.3. The van der Waals surface area contributed by atoms with Gasteiger partial charge >= 0.3 is 11.9 Å². The van der Waals surface area contributed by atoms with Crippen molar-refractivity contribution >= 4 is 11.9 Å². The summed E-state index contributed by atoms with van der Waals surface area (Å²) in [5.74, 6) is -0.566. The van der Waals surface area contributed by atoms with Crippen molar-refractivity contribution in [1.29, 1.82) is 0 Å². The minimum absolute atomic E-state index is 0.0570. The summed E-state index contributed by atoms with van der Waals surface area (Å²) in [6, 6.07) is 0. The van der Waals surface area contributed by atoms with Gasteiger partial charge in [0.2, 0.25) is 0 Å². The Bertz CT molecular complexity index is 948. The van der Waals surface area contributed by atoms with E-state index < -0.39 is 6.10 Å². The van der Waals surface area contributed by atoms with Gasteiger partial charge in [0.15, 0.2) is 6.10 Å². The topological polar surface area (TPSA) is 72.8 Å². The highest BCUT2D eigenvalue weighted by molar-refractivity contribution is 5.70. The number of allylic oxidation sites excluding steroid dienone is 2. The van der Waals surface area contributed by atoms with Crippen LogP contribution in [-0.4, -0.2) is 36.4 Å². The van der Waals surface area contributed by atoms with Crippen LogP contribution in [0.15, 0.2) is 12.2 Å². The SMILES string of the molecule is CCCCCCCCCC/C=C\CCCCCCCCCCCCCCCCCCCCCCCC(=O)OC(CO)COC(=O)CCCCCCCCCCCCCCCCCCCC. The van der Waals surface area contributed by atoms with Crippen LogP contribution in [-0.2, 0) is 19.1 Å². The first kappa shape index (κ1) is 63.6. The van der Waals surface area contributed by atoms with Gasteiger partial charge in [-0.05, 0) is 38.5 Å². The normalized spacial score (nSPS) is 12.1. The summed E-state index contributed by atoms with van der Waals surface area (Å²) in [6.07, 6.45) is 70.7. The molecule has 0 rings (SSSR count). The number of hydrogen-bond donors (Lipinski definition) is 1. The van der Waals surface area contributed by atoms with Crippen LogP contribution >= 0.6 is 0 Å². The number of carbonyl (C=O) groups is 2. The minimum atomic E-state index is -0.765. The van der Waals surface area contributed by atoms with Gasteiger partial charge in [0.1, 0.15) is 6.61 Å². The molecule has 65 heavy (non-hydrogen) atoms. The molecule has 0 aromatic carbocycles. The summed E-state index contributed by atoms with van der Waals surface area (Å²) < 4.78 is 10.7. The van der Waals surface area contributed by atoms with E-state index in [0.717, 1.165) is 32.1 Å². The van der Waals surface area contributed by atoms with Gasteiger partial charge < -0.3 is 14.6 Å². The van der Waals surface area contributed by atoms with Crippen molar-refractivity contribution in [2.75, 3.05) is 13.2 Å². The smallest absolute Gasteiger partial charge is 0.306 e. The predicted molar refractivity (Wildman–Crippen MR) is 284 cm³/mol. The lowest BCUT2D eigenvalue weighted by Gasteiger charge is -2.15. The Morgan fingerprint density at radius 3 is 0.831 bits per heavy atom. The number of aliphatic hydroxyl groups is 1. The lowest BCUT2D eigenvalue weighted by molar-refractivity contribution is -0.161. The summed E-state index contributed by atoms with van der Waals surface area (Å²) in [7, 11) is 0. The Balaban J connectivity index is 3.38. The molecule has 0 heterocycles. The Morgan fingerprint density at radius 2 is 0.569 bits per heavy atom. The zero-order valence-corrected chi connectivity index (χ0v) is 44.3. The molecule has 0 spiro atoms. The molecule has 5 heteroatoms. The van der Waals surface area contributed by atoms with Crippen molar-refractivity contribution in [3.05, 3.63) is 12.2 Å². The van der Waals surface area contributed by atoms with Crippen molar-refractivity contribution in [1.82, 2.24) is 0 Å². The first-order valence-electron chi connectivity index (χ1n) is 29.7. The molecule has 0 fully saturated rings. The third kappa shape index (κ3) is 55.1. The average Bonchev–Trinajstić information content (AvgIpc) is 3.31. The number of rotatable bonds is 56. The van der Waals surface area contributed by atoms with Crippen LogP contribution in [0, 0.1) is 0 Å². The van der Waals surface area contributed by atoms with Crippen LogP contribution in [0.5, 0.6) is 0 Å². The number of aliphatic hydroxyl groups excluding tert-OH is 1. The van der Waals surface area contributed by atoms with Gasteiger partial charge in [-0.3, -0.25) is 9.59 Å². The molecule has 0 radical (unpaired) electrons. The first-order valence-corrected chi connectivity index (χ1v) is 29.7. The van der Waals surface area contributed by atoms with Gasteiger partial charge in [-0.1, -0.05) is 302 Å². The van der Waals surface area contributed by atoms with E-state index >= 15 is 0 Å². The van der Waals surface area contributed by atoms with Crippen molar-refractivity contribution in [2.45, 2.75) is 347 Å². The monoisotopic (exact) mass is 917 g/mol. The van der Waals surface area contributed by atoms with E-state index in [2.05, 4.69) is 26.0 Å². The van der Waals surface area contributed by atoms with Crippen LogP contribution in [0.4, 0.5) is 0 Å². The van der Waals surface area contributed by atoms with Crippen molar-refractivity contribution in [3.63, 3.8) is 0 Å². The van der Waals surface area contributed by atoms with E-state index in [1.54, 1.807) is 0 Å². The maximum absolute atomic E-state index is 12.3. The molecule has 1 atom stereocenters.